The summed E-state index contributed by atoms with van der Waals surface area (Å²) in [5, 5.41) is 2.16. The van der Waals surface area contributed by atoms with Crippen LogP contribution >= 0.6 is 11.6 Å². The SMILES string of the molecule is O=C(CN(c1ccccc1)S(=O)(=O)c1ccccc1)Nc1cc(C(F)(F)F)ccc1Cl. The summed E-state index contributed by atoms with van der Waals surface area (Å²) < 4.78 is 66.1. The molecule has 0 unspecified atom stereocenters. The lowest BCUT2D eigenvalue weighted by Gasteiger charge is -2.24. The van der Waals surface area contributed by atoms with Crippen LogP contribution in [0.4, 0.5) is 24.5 Å². The Hall–Kier alpha value is -3.04. The highest BCUT2D eigenvalue weighted by Gasteiger charge is 2.31. The van der Waals surface area contributed by atoms with E-state index < -0.39 is 34.2 Å². The number of benzene rings is 3. The van der Waals surface area contributed by atoms with Gasteiger partial charge < -0.3 is 5.32 Å². The Morgan fingerprint density at radius 2 is 1.52 bits per heavy atom. The molecule has 3 aromatic rings. The van der Waals surface area contributed by atoms with Crippen molar-refractivity contribution in [3.05, 3.63) is 89.4 Å². The first-order chi connectivity index (χ1) is 14.6. The Labute approximate surface area is 182 Å². The van der Waals surface area contributed by atoms with Crippen LogP contribution in [-0.2, 0) is 21.0 Å². The second-order valence-corrected chi connectivity index (χ2v) is 8.67. The molecule has 3 aromatic carbocycles. The number of carbonyl (C=O) groups is 1. The fourth-order valence-corrected chi connectivity index (χ4v) is 4.35. The Kier molecular flexibility index (Phi) is 6.56. The van der Waals surface area contributed by atoms with Crippen LogP contribution in [0.25, 0.3) is 0 Å². The summed E-state index contributed by atoms with van der Waals surface area (Å²) in [6.45, 7) is -0.673. The molecule has 1 N–H and O–H groups in total. The predicted octanol–water partition coefficient (Wildman–Crippen LogP) is 5.19. The van der Waals surface area contributed by atoms with E-state index in [4.69, 9.17) is 11.6 Å². The molecule has 31 heavy (non-hydrogen) atoms. The molecule has 1 amide bonds. The van der Waals surface area contributed by atoms with E-state index in [1.54, 1.807) is 36.4 Å². The summed E-state index contributed by atoms with van der Waals surface area (Å²) in [6, 6.07) is 17.9. The van der Waals surface area contributed by atoms with E-state index in [2.05, 4.69) is 5.32 Å². The van der Waals surface area contributed by atoms with Gasteiger partial charge in [0, 0.05) is 0 Å². The molecule has 0 heterocycles. The number of alkyl halides is 3. The van der Waals surface area contributed by atoms with Crippen LogP contribution in [0.1, 0.15) is 5.56 Å². The third-order valence-corrected chi connectivity index (χ3v) is 6.35. The van der Waals surface area contributed by atoms with Crippen molar-refractivity contribution in [3.8, 4) is 0 Å². The molecular weight excluding hydrogens is 453 g/mol. The van der Waals surface area contributed by atoms with Crippen LogP contribution < -0.4 is 9.62 Å². The van der Waals surface area contributed by atoms with Gasteiger partial charge in [-0.1, -0.05) is 48.0 Å². The van der Waals surface area contributed by atoms with Crippen molar-refractivity contribution in [1.29, 1.82) is 0 Å². The molecule has 5 nitrogen and oxygen atoms in total. The zero-order valence-electron chi connectivity index (χ0n) is 15.8. The first-order valence-corrected chi connectivity index (χ1v) is 10.7. The van der Waals surface area contributed by atoms with E-state index >= 15 is 0 Å². The van der Waals surface area contributed by atoms with Gasteiger partial charge >= 0.3 is 6.18 Å². The van der Waals surface area contributed by atoms with E-state index in [0.717, 1.165) is 16.4 Å². The van der Waals surface area contributed by atoms with Crippen molar-refractivity contribution < 1.29 is 26.4 Å². The number of hydrogen-bond acceptors (Lipinski definition) is 3. The number of nitrogens with one attached hydrogen (secondary N) is 1. The number of carbonyl (C=O) groups excluding carboxylic acids is 1. The smallest absolute Gasteiger partial charge is 0.323 e. The summed E-state index contributed by atoms with van der Waals surface area (Å²) >= 11 is 5.92. The highest BCUT2D eigenvalue weighted by molar-refractivity contribution is 7.92. The molecule has 3 rings (SSSR count). The minimum absolute atomic E-state index is 0.0382. The van der Waals surface area contributed by atoms with Gasteiger partial charge in [-0.2, -0.15) is 13.2 Å². The van der Waals surface area contributed by atoms with E-state index in [1.807, 2.05) is 0 Å². The lowest BCUT2D eigenvalue weighted by atomic mass is 10.2. The quantitative estimate of drug-likeness (QED) is 0.541. The minimum atomic E-state index is -4.63. The lowest BCUT2D eigenvalue weighted by molar-refractivity contribution is -0.137. The molecular formula is C21H16ClF3N2O3S. The average molecular weight is 469 g/mol. The number of nitrogens with zero attached hydrogens (tertiary/aromatic N) is 1. The Bertz CT molecular complexity index is 1170. The molecule has 0 saturated heterocycles. The number of anilines is 2. The van der Waals surface area contributed by atoms with Crippen molar-refractivity contribution in [2.45, 2.75) is 11.1 Å². The average Bonchev–Trinajstić information content (AvgIpc) is 2.74. The molecule has 0 aliphatic rings. The van der Waals surface area contributed by atoms with Crippen LogP contribution in [-0.4, -0.2) is 20.9 Å². The van der Waals surface area contributed by atoms with Gasteiger partial charge in [0.25, 0.3) is 10.0 Å². The second-order valence-electron chi connectivity index (χ2n) is 6.40. The van der Waals surface area contributed by atoms with Crippen LogP contribution in [0.2, 0.25) is 5.02 Å². The Balaban J connectivity index is 1.92. The topological polar surface area (TPSA) is 66.5 Å². The minimum Gasteiger partial charge on any atom is -0.323 e. The molecule has 162 valence electrons. The molecule has 0 aliphatic heterocycles. The maximum Gasteiger partial charge on any atom is 0.416 e. The van der Waals surface area contributed by atoms with Crippen molar-refractivity contribution >= 4 is 38.9 Å². The highest BCUT2D eigenvalue weighted by Crippen LogP contribution is 2.34. The first kappa shape index (κ1) is 22.6. The largest absolute Gasteiger partial charge is 0.416 e. The number of para-hydroxylation sites is 1. The van der Waals surface area contributed by atoms with Crippen molar-refractivity contribution in [2.75, 3.05) is 16.2 Å². The molecule has 0 atom stereocenters. The summed E-state index contributed by atoms with van der Waals surface area (Å²) in [7, 11) is -4.12. The van der Waals surface area contributed by atoms with Crippen molar-refractivity contribution in [2.24, 2.45) is 0 Å². The van der Waals surface area contributed by atoms with Gasteiger partial charge in [0.1, 0.15) is 6.54 Å². The molecule has 0 aliphatic carbocycles. The number of sulfonamides is 1. The van der Waals surface area contributed by atoms with Crippen LogP contribution in [0, 0.1) is 0 Å². The highest BCUT2D eigenvalue weighted by atomic mass is 35.5. The normalized spacial score (nSPS) is 11.7. The van der Waals surface area contributed by atoms with E-state index in [1.165, 1.54) is 24.3 Å². The third kappa shape index (κ3) is 5.36. The van der Waals surface area contributed by atoms with Crippen LogP contribution in [0.15, 0.2) is 83.8 Å². The summed E-state index contributed by atoms with van der Waals surface area (Å²) in [4.78, 5) is 12.6. The molecule has 0 radical (unpaired) electrons. The summed E-state index contributed by atoms with van der Waals surface area (Å²) in [5.41, 5.74) is -1.05. The van der Waals surface area contributed by atoms with Gasteiger partial charge in [-0.25, -0.2) is 8.42 Å². The third-order valence-electron chi connectivity index (χ3n) is 4.23. The fourth-order valence-electron chi connectivity index (χ4n) is 2.75. The molecule has 0 fully saturated rings. The number of hydrogen-bond donors (Lipinski definition) is 1. The van der Waals surface area contributed by atoms with Crippen LogP contribution in [0.3, 0.4) is 0 Å². The molecule has 0 bridgehead atoms. The standard InChI is InChI=1S/C21H16ClF3N2O3S/c22-18-12-11-15(21(23,24)25)13-19(18)26-20(28)14-27(16-7-3-1-4-8-16)31(29,30)17-9-5-2-6-10-17/h1-13H,14H2,(H,26,28). The Morgan fingerprint density at radius 3 is 2.10 bits per heavy atom. The first-order valence-electron chi connectivity index (χ1n) is 8.88. The van der Waals surface area contributed by atoms with Gasteiger partial charge in [0.2, 0.25) is 5.91 Å². The van der Waals surface area contributed by atoms with E-state index in [0.29, 0.717) is 6.07 Å². The number of amides is 1. The zero-order valence-corrected chi connectivity index (χ0v) is 17.4. The number of rotatable bonds is 6. The monoisotopic (exact) mass is 468 g/mol. The second kappa shape index (κ2) is 8.99. The fraction of sp³-hybridized carbons (Fsp3) is 0.0952. The molecule has 0 aromatic heterocycles. The van der Waals surface area contributed by atoms with Crippen molar-refractivity contribution in [1.82, 2.24) is 0 Å². The van der Waals surface area contributed by atoms with Crippen LogP contribution in [0.5, 0.6) is 0 Å². The van der Waals surface area contributed by atoms with E-state index in [9.17, 15) is 26.4 Å². The van der Waals surface area contributed by atoms with Gasteiger partial charge in [0.15, 0.2) is 0 Å². The van der Waals surface area contributed by atoms with Crippen molar-refractivity contribution in [3.63, 3.8) is 0 Å². The summed E-state index contributed by atoms with van der Waals surface area (Å²) in [6.07, 6.45) is -4.63. The van der Waals surface area contributed by atoms with Gasteiger partial charge in [-0.15, -0.1) is 0 Å². The zero-order chi connectivity index (χ0) is 22.6. The summed E-state index contributed by atoms with van der Waals surface area (Å²) in [5.74, 6) is -0.857. The maximum absolute atomic E-state index is 13.1. The van der Waals surface area contributed by atoms with Gasteiger partial charge in [-0.3, -0.25) is 9.10 Å². The maximum atomic E-state index is 13.1. The van der Waals surface area contributed by atoms with Gasteiger partial charge in [-0.05, 0) is 42.5 Å². The molecule has 10 heteroatoms. The molecule has 0 spiro atoms. The lowest BCUT2D eigenvalue weighted by Crippen LogP contribution is -2.38. The number of halogens is 4. The Morgan fingerprint density at radius 1 is 0.935 bits per heavy atom. The predicted molar refractivity (Wildman–Crippen MR) is 112 cm³/mol. The molecule has 0 saturated carbocycles. The van der Waals surface area contributed by atoms with E-state index in [-0.39, 0.29) is 21.3 Å². The van der Waals surface area contributed by atoms with Gasteiger partial charge in [0.05, 0.1) is 26.9 Å².